The van der Waals surface area contributed by atoms with Crippen molar-refractivity contribution in [1.82, 2.24) is 5.32 Å². The van der Waals surface area contributed by atoms with Crippen LogP contribution in [0.1, 0.15) is 25.8 Å². The molecule has 2 atom stereocenters. The zero-order chi connectivity index (χ0) is 10.9. The minimum atomic E-state index is -0.0565. The van der Waals surface area contributed by atoms with E-state index in [9.17, 15) is 4.39 Å². The van der Waals surface area contributed by atoms with Gasteiger partial charge in [0.15, 0.2) is 0 Å². The summed E-state index contributed by atoms with van der Waals surface area (Å²) >= 11 is 0. The average molecular weight is 207 g/mol. The van der Waals surface area contributed by atoms with Gasteiger partial charge in [-0.15, -0.1) is 0 Å². The molecule has 2 heteroatoms. The third kappa shape index (κ3) is 1.91. The molecule has 82 valence electrons. The molecule has 1 aliphatic rings. The third-order valence-electron chi connectivity index (χ3n) is 3.54. The van der Waals surface area contributed by atoms with Crippen LogP contribution in [-0.4, -0.2) is 13.1 Å². The third-order valence-corrected chi connectivity index (χ3v) is 3.54. The fourth-order valence-electron chi connectivity index (χ4n) is 2.32. The van der Waals surface area contributed by atoms with Crippen molar-refractivity contribution in [2.75, 3.05) is 13.1 Å². The maximum atomic E-state index is 13.6. The van der Waals surface area contributed by atoms with Crippen molar-refractivity contribution in [3.05, 3.63) is 35.6 Å². The number of rotatable bonds is 4. The van der Waals surface area contributed by atoms with Crippen molar-refractivity contribution >= 4 is 0 Å². The van der Waals surface area contributed by atoms with Gasteiger partial charge in [0.2, 0.25) is 0 Å². The summed E-state index contributed by atoms with van der Waals surface area (Å²) in [5.41, 5.74) is 0.945. The molecule has 0 heterocycles. The molecule has 1 fully saturated rings. The minimum Gasteiger partial charge on any atom is -0.317 e. The molecule has 1 aromatic rings. The lowest BCUT2D eigenvalue weighted by molar-refractivity contribution is 0.546. The summed E-state index contributed by atoms with van der Waals surface area (Å²) in [6, 6.07) is 7.15. The van der Waals surface area contributed by atoms with E-state index < -0.39 is 0 Å². The number of hydrogen-bond donors (Lipinski definition) is 1. The highest BCUT2D eigenvalue weighted by molar-refractivity contribution is 5.33. The summed E-state index contributed by atoms with van der Waals surface area (Å²) < 4.78 is 13.6. The standard InChI is InChI=1S/C13H18FN/c1-3-15-9-10-8-13(10,2)11-6-4-5-7-12(11)14/h4-7,10,15H,3,8-9H2,1-2H3. The van der Waals surface area contributed by atoms with Gasteiger partial charge in [-0.25, -0.2) is 4.39 Å². The molecule has 0 spiro atoms. The van der Waals surface area contributed by atoms with Gasteiger partial charge >= 0.3 is 0 Å². The fourth-order valence-corrected chi connectivity index (χ4v) is 2.32. The lowest BCUT2D eigenvalue weighted by Crippen LogP contribution is -2.20. The van der Waals surface area contributed by atoms with E-state index in [1.165, 1.54) is 0 Å². The Morgan fingerprint density at radius 2 is 2.20 bits per heavy atom. The molecule has 2 rings (SSSR count). The summed E-state index contributed by atoms with van der Waals surface area (Å²) in [5, 5.41) is 3.33. The van der Waals surface area contributed by atoms with Crippen molar-refractivity contribution < 1.29 is 4.39 Å². The normalized spacial score (nSPS) is 29.1. The number of halogens is 1. The van der Waals surface area contributed by atoms with Crippen LogP contribution in [-0.2, 0) is 5.41 Å². The Balaban J connectivity index is 2.10. The van der Waals surface area contributed by atoms with Crippen molar-refractivity contribution in [3.8, 4) is 0 Å². The van der Waals surface area contributed by atoms with Gasteiger partial charge in [-0.1, -0.05) is 32.0 Å². The van der Waals surface area contributed by atoms with Crippen LogP contribution in [0.4, 0.5) is 4.39 Å². The van der Waals surface area contributed by atoms with Gasteiger partial charge in [0.25, 0.3) is 0 Å². The van der Waals surface area contributed by atoms with E-state index in [1.54, 1.807) is 12.1 Å². The Hall–Kier alpha value is -0.890. The molecule has 0 aliphatic heterocycles. The maximum Gasteiger partial charge on any atom is 0.126 e. The Morgan fingerprint density at radius 1 is 1.47 bits per heavy atom. The fraction of sp³-hybridized carbons (Fsp3) is 0.538. The van der Waals surface area contributed by atoms with E-state index in [-0.39, 0.29) is 11.2 Å². The van der Waals surface area contributed by atoms with Crippen molar-refractivity contribution in [1.29, 1.82) is 0 Å². The molecule has 1 nitrogen and oxygen atoms in total. The Bertz CT molecular complexity index is 350. The van der Waals surface area contributed by atoms with Crippen LogP contribution in [0.3, 0.4) is 0 Å². The first-order chi connectivity index (χ1) is 7.18. The van der Waals surface area contributed by atoms with Crippen LogP contribution < -0.4 is 5.32 Å². The second kappa shape index (κ2) is 3.93. The van der Waals surface area contributed by atoms with Crippen LogP contribution >= 0.6 is 0 Å². The van der Waals surface area contributed by atoms with Gasteiger partial charge in [0.05, 0.1) is 0 Å². The van der Waals surface area contributed by atoms with E-state index in [1.807, 2.05) is 12.1 Å². The van der Waals surface area contributed by atoms with Crippen LogP contribution in [0.5, 0.6) is 0 Å². The van der Waals surface area contributed by atoms with Crippen LogP contribution in [0.25, 0.3) is 0 Å². The second-order valence-electron chi connectivity index (χ2n) is 4.61. The first kappa shape index (κ1) is 10.6. The molecule has 0 saturated heterocycles. The number of hydrogen-bond acceptors (Lipinski definition) is 1. The van der Waals surface area contributed by atoms with Gasteiger partial charge in [0, 0.05) is 0 Å². The van der Waals surface area contributed by atoms with Crippen molar-refractivity contribution in [3.63, 3.8) is 0 Å². The van der Waals surface area contributed by atoms with Crippen LogP contribution in [0, 0.1) is 11.7 Å². The zero-order valence-corrected chi connectivity index (χ0v) is 9.39. The zero-order valence-electron chi connectivity index (χ0n) is 9.39. The summed E-state index contributed by atoms with van der Waals surface area (Å²) in [5.74, 6) is 0.536. The van der Waals surface area contributed by atoms with E-state index in [4.69, 9.17) is 0 Å². The van der Waals surface area contributed by atoms with Gasteiger partial charge in [0.1, 0.15) is 5.82 Å². The highest BCUT2D eigenvalue weighted by atomic mass is 19.1. The predicted octanol–water partition coefficient (Wildman–Crippen LogP) is 2.71. The molecule has 2 unspecified atom stereocenters. The highest BCUT2D eigenvalue weighted by Crippen LogP contribution is 2.54. The van der Waals surface area contributed by atoms with Gasteiger partial charge in [-0.05, 0) is 42.5 Å². The molecule has 0 amide bonds. The number of benzene rings is 1. The summed E-state index contributed by atoms with van der Waals surface area (Å²) in [4.78, 5) is 0. The van der Waals surface area contributed by atoms with Gasteiger partial charge in [-0.3, -0.25) is 0 Å². The molecular weight excluding hydrogens is 189 g/mol. The molecule has 1 aromatic carbocycles. The first-order valence-electron chi connectivity index (χ1n) is 5.64. The summed E-state index contributed by atoms with van der Waals surface area (Å²) in [6.45, 7) is 6.25. The van der Waals surface area contributed by atoms with Crippen LogP contribution in [0.2, 0.25) is 0 Å². The van der Waals surface area contributed by atoms with Crippen LogP contribution in [0.15, 0.2) is 24.3 Å². The molecule has 1 aliphatic carbocycles. The van der Waals surface area contributed by atoms with E-state index in [2.05, 4.69) is 19.2 Å². The topological polar surface area (TPSA) is 12.0 Å². The minimum absolute atomic E-state index is 0.0565. The van der Waals surface area contributed by atoms with Gasteiger partial charge < -0.3 is 5.32 Å². The highest BCUT2D eigenvalue weighted by Gasteiger charge is 2.51. The summed E-state index contributed by atoms with van der Waals surface area (Å²) in [6.07, 6.45) is 1.10. The molecular formula is C13H18FN. The number of nitrogens with one attached hydrogen (secondary N) is 1. The Labute approximate surface area is 90.7 Å². The molecule has 0 bridgehead atoms. The van der Waals surface area contributed by atoms with Crippen molar-refractivity contribution in [2.45, 2.75) is 25.7 Å². The smallest absolute Gasteiger partial charge is 0.126 e. The second-order valence-corrected chi connectivity index (χ2v) is 4.61. The van der Waals surface area contributed by atoms with E-state index in [0.29, 0.717) is 5.92 Å². The maximum absolute atomic E-state index is 13.6. The van der Waals surface area contributed by atoms with E-state index in [0.717, 1.165) is 25.1 Å². The van der Waals surface area contributed by atoms with Crippen molar-refractivity contribution in [2.24, 2.45) is 5.92 Å². The predicted molar refractivity (Wildman–Crippen MR) is 60.4 cm³/mol. The molecule has 0 aromatic heterocycles. The SMILES string of the molecule is CCNCC1CC1(C)c1ccccc1F. The first-order valence-corrected chi connectivity index (χ1v) is 5.64. The average Bonchev–Trinajstić information content (AvgIpc) is 2.88. The monoisotopic (exact) mass is 207 g/mol. The van der Waals surface area contributed by atoms with E-state index >= 15 is 0 Å². The quantitative estimate of drug-likeness (QED) is 0.800. The lowest BCUT2D eigenvalue weighted by Gasteiger charge is -2.12. The Morgan fingerprint density at radius 3 is 2.87 bits per heavy atom. The summed E-state index contributed by atoms with van der Waals surface area (Å²) in [7, 11) is 0. The lowest BCUT2D eigenvalue weighted by atomic mass is 9.95. The Kier molecular flexibility index (Phi) is 2.79. The largest absolute Gasteiger partial charge is 0.317 e. The molecule has 1 saturated carbocycles. The van der Waals surface area contributed by atoms with Gasteiger partial charge in [-0.2, -0.15) is 0 Å². The molecule has 15 heavy (non-hydrogen) atoms. The molecule has 1 N–H and O–H groups in total. The molecule has 0 radical (unpaired) electrons.